The van der Waals surface area contributed by atoms with E-state index in [1.54, 1.807) is 0 Å². The number of likely N-dealkylation sites (N-methyl/N-ethyl adjacent to an activating group) is 1. The molecule has 7 heteroatoms. The maximum absolute atomic E-state index is 11.9. The molecule has 0 spiro atoms. The van der Waals surface area contributed by atoms with Gasteiger partial charge < -0.3 is 14.7 Å². The van der Waals surface area contributed by atoms with Crippen LogP contribution in [0.2, 0.25) is 0 Å². The summed E-state index contributed by atoms with van der Waals surface area (Å²) in [7, 11) is 3.87. The molecule has 0 aliphatic carbocycles. The lowest BCUT2D eigenvalue weighted by atomic mass is 10.2. The summed E-state index contributed by atoms with van der Waals surface area (Å²) in [4.78, 5) is 3.99. The molecule has 0 aromatic rings. The molecule has 0 aromatic heterocycles. The molecule has 1 rings (SSSR count). The standard InChI is InChI=1S/C11H21F3N2O2/c1-15(2)6-9-5-10(17)7-16(9)3-4-18-8-11(12,13)14/h9-10,17H,3-8H2,1-2H3. The van der Waals surface area contributed by atoms with Crippen molar-refractivity contribution in [1.29, 1.82) is 0 Å². The van der Waals surface area contributed by atoms with Crippen LogP contribution in [-0.4, -0.2) is 80.2 Å². The molecule has 1 aliphatic heterocycles. The molecular weight excluding hydrogens is 249 g/mol. The van der Waals surface area contributed by atoms with Gasteiger partial charge in [0.05, 0.1) is 12.7 Å². The number of ether oxygens (including phenoxy) is 1. The first-order valence-electron chi connectivity index (χ1n) is 5.99. The molecule has 1 fully saturated rings. The van der Waals surface area contributed by atoms with Gasteiger partial charge in [-0.25, -0.2) is 0 Å². The Morgan fingerprint density at radius 2 is 2.06 bits per heavy atom. The molecule has 0 aromatic carbocycles. The largest absolute Gasteiger partial charge is 0.411 e. The first kappa shape index (κ1) is 15.7. The Kier molecular flexibility index (Phi) is 5.84. The monoisotopic (exact) mass is 270 g/mol. The maximum Gasteiger partial charge on any atom is 0.411 e. The summed E-state index contributed by atoms with van der Waals surface area (Å²) >= 11 is 0. The molecule has 18 heavy (non-hydrogen) atoms. The van der Waals surface area contributed by atoms with Crippen LogP contribution in [0.4, 0.5) is 13.2 Å². The van der Waals surface area contributed by atoms with E-state index >= 15 is 0 Å². The number of rotatable bonds is 6. The van der Waals surface area contributed by atoms with E-state index in [0.29, 0.717) is 19.5 Å². The van der Waals surface area contributed by atoms with Gasteiger partial charge in [-0.15, -0.1) is 0 Å². The van der Waals surface area contributed by atoms with Gasteiger partial charge >= 0.3 is 6.18 Å². The summed E-state index contributed by atoms with van der Waals surface area (Å²) in [5.74, 6) is 0. The summed E-state index contributed by atoms with van der Waals surface area (Å²) in [6.07, 6.45) is -4.00. The van der Waals surface area contributed by atoms with Crippen LogP contribution in [0.5, 0.6) is 0 Å². The minimum atomic E-state index is -4.27. The Morgan fingerprint density at radius 1 is 1.39 bits per heavy atom. The number of aliphatic hydroxyl groups is 1. The highest BCUT2D eigenvalue weighted by atomic mass is 19.4. The van der Waals surface area contributed by atoms with Crippen LogP contribution in [0.1, 0.15) is 6.42 Å². The fourth-order valence-corrected chi connectivity index (χ4v) is 2.21. The van der Waals surface area contributed by atoms with Crippen molar-refractivity contribution in [1.82, 2.24) is 9.80 Å². The number of hydrogen-bond acceptors (Lipinski definition) is 4. The fourth-order valence-electron chi connectivity index (χ4n) is 2.21. The lowest BCUT2D eigenvalue weighted by molar-refractivity contribution is -0.174. The average Bonchev–Trinajstić information content (AvgIpc) is 2.51. The molecule has 1 saturated heterocycles. The molecule has 2 unspecified atom stereocenters. The highest BCUT2D eigenvalue weighted by Crippen LogP contribution is 2.18. The number of hydrogen-bond donors (Lipinski definition) is 1. The average molecular weight is 270 g/mol. The normalized spacial score (nSPS) is 26.2. The second kappa shape index (κ2) is 6.70. The third-order valence-electron chi connectivity index (χ3n) is 2.87. The topological polar surface area (TPSA) is 35.9 Å². The third kappa shape index (κ3) is 5.99. The van der Waals surface area contributed by atoms with Crippen molar-refractivity contribution >= 4 is 0 Å². The van der Waals surface area contributed by atoms with E-state index in [2.05, 4.69) is 4.74 Å². The molecule has 2 atom stereocenters. The molecular formula is C11H21F3N2O2. The second-order valence-corrected chi connectivity index (χ2v) is 4.97. The Morgan fingerprint density at radius 3 is 2.61 bits per heavy atom. The quantitative estimate of drug-likeness (QED) is 0.716. The van der Waals surface area contributed by atoms with Gasteiger partial charge in [0.15, 0.2) is 0 Å². The van der Waals surface area contributed by atoms with Crippen LogP contribution < -0.4 is 0 Å². The molecule has 0 bridgehead atoms. The summed E-state index contributed by atoms with van der Waals surface area (Å²) < 4.78 is 40.2. The van der Waals surface area contributed by atoms with Gasteiger partial charge in [-0.2, -0.15) is 13.2 Å². The predicted molar refractivity (Wildman–Crippen MR) is 61.4 cm³/mol. The molecule has 4 nitrogen and oxygen atoms in total. The number of nitrogens with zero attached hydrogens (tertiary/aromatic N) is 2. The van der Waals surface area contributed by atoms with E-state index in [4.69, 9.17) is 0 Å². The zero-order chi connectivity index (χ0) is 13.8. The third-order valence-corrected chi connectivity index (χ3v) is 2.87. The van der Waals surface area contributed by atoms with Crippen LogP contribution in [-0.2, 0) is 4.74 Å². The van der Waals surface area contributed by atoms with E-state index in [1.807, 2.05) is 23.9 Å². The van der Waals surface area contributed by atoms with Crippen molar-refractivity contribution in [2.75, 3.05) is 46.9 Å². The van der Waals surface area contributed by atoms with E-state index in [-0.39, 0.29) is 12.6 Å². The number of likely N-dealkylation sites (tertiary alicyclic amines) is 1. The van der Waals surface area contributed by atoms with Crippen LogP contribution in [0.25, 0.3) is 0 Å². The van der Waals surface area contributed by atoms with Crippen LogP contribution in [0.15, 0.2) is 0 Å². The van der Waals surface area contributed by atoms with E-state index in [1.165, 1.54) is 0 Å². The van der Waals surface area contributed by atoms with Crippen molar-refractivity contribution in [3.8, 4) is 0 Å². The summed E-state index contributed by atoms with van der Waals surface area (Å²) in [6, 6.07) is 0.185. The highest BCUT2D eigenvalue weighted by molar-refractivity contribution is 4.86. The van der Waals surface area contributed by atoms with Crippen molar-refractivity contribution in [2.45, 2.75) is 24.7 Å². The minimum Gasteiger partial charge on any atom is -0.392 e. The zero-order valence-corrected chi connectivity index (χ0v) is 10.8. The van der Waals surface area contributed by atoms with Gasteiger partial charge in [0, 0.05) is 25.7 Å². The smallest absolute Gasteiger partial charge is 0.392 e. The molecule has 0 saturated carbocycles. The lowest BCUT2D eigenvalue weighted by Gasteiger charge is -2.26. The SMILES string of the molecule is CN(C)CC1CC(O)CN1CCOCC(F)(F)F. The summed E-state index contributed by atoms with van der Waals surface area (Å²) in [5, 5.41) is 9.59. The molecule has 0 radical (unpaired) electrons. The molecule has 108 valence electrons. The molecule has 1 heterocycles. The van der Waals surface area contributed by atoms with E-state index in [0.717, 1.165) is 6.54 Å². The molecule has 1 aliphatic rings. The number of halogens is 3. The van der Waals surface area contributed by atoms with Crippen molar-refractivity contribution in [3.05, 3.63) is 0 Å². The van der Waals surface area contributed by atoms with Crippen molar-refractivity contribution < 1.29 is 23.0 Å². The summed E-state index contributed by atoms with van der Waals surface area (Å²) in [5.41, 5.74) is 0. The van der Waals surface area contributed by atoms with Gasteiger partial charge in [-0.3, -0.25) is 4.90 Å². The lowest BCUT2D eigenvalue weighted by Crippen LogP contribution is -2.39. The van der Waals surface area contributed by atoms with Gasteiger partial charge in [0.2, 0.25) is 0 Å². The van der Waals surface area contributed by atoms with E-state index in [9.17, 15) is 18.3 Å². The van der Waals surface area contributed by atoms with Crippen molar-refractivity contribution in [2.24, 2.45) is 0 Å². The van der Waals surface area contributed by atoms with E-state index < -0.39 is 18.9 Å². The van der Waals surface area contributed by atoms with Gasteiger partial charge in [-0.05, 0) is 20.5 Å². The number of alkyl halides is 3. The Labute approximate surface area is 105 Å². The fraction of sp³-hybridized carbons (Fsp3) is 1.00. The van der Waals surface area contributed by atoms with Gasteiger partial charge in [0.25, 0.3) is 0 Å². The molecule has 0 amide bonds. The zero-order valence-electron chi connectivity index (χ0n) is 10.8. The second-order valence-electron chi connectivity index (χ2n) is 4.97. The van der Waals surface area contributed by atoms with Crippen LogP contribution in [0.3, 0.4) is 0 Å². The van der Waals surface area contributed by atoms with Crippen molar-refractivity contribution in [3.63, 3.8) is 0 Å². The van der Waals surface area contributed by atoms with Gasteiger partial charge in [0.1, 0.15) is 6.61 Å². The maximum atomic E-state index is 11.9. The van der Waals surface area contributed by atoms with Gasteiger partial charge in [-0.1, -0.05) is 0 Å². The van der Waals surface area contributed by atoms with Crippen LogP contribution in [0, 0.1) is 0 Å². The first-order chi connectivity index (χ1) is 8.28. The Balaban J connectivity index is 2.26. The predicted octanol–water partition coefficient (Wildman–Crippen LogP) is 0.562. The Bertz CT molecular complexity index is 249. The number of β-amino-alcohol motifs (C(OH)–C–C–N with tert-alkyl or cyclic N) is 1. The highest BCUT2D eigenvalue weighted by Gasteiger charge is 2.31. The summed E-state index contributed by atoms with van der Waals surface area (Å²) in [6.45, 7) is 0.549. The van der Waals surface area contributed by atoms with Crippen LogP contribution >= 0.6 is 0 Å². The number of aliphatic hydroxyl groups excluding tert-OH is 1. The minimum absolute atomic E-state index is 0.0379. The Hall–Kier alpha value is -0.370. The molecule has 1 N–H and O–H groups in total. The first-order valence-corrected chi connectivity index (χ1v) is 5.99.